The largest absolute Gasteiger partial charge is 0.465 e. The van der Waals surface area contributed by atoms with Crippen molar-refractivity contribution in [2.75, 3.05) is 43.6 Å². The van der Waals surface area contributed by atoms with Gasteiger partial charge in [0.25, 0.3) is 0 Å². The number of hydrogen-bond acceptors (Lipinski definition) is 8. The first-order chi connectivity index (χ1) is 24.6. The quantitative estimate of drug-likeness (QED) is 0.129. The van der Waals surface area contributed by atoms with E-state index in [2.05, 4.69) is 63.0 Å². The van der Waals surface area contributed by atoms with Crippen LogP contribution in [0.25, 0.3) is 33.2 Å². The van der Waals surface area contributed by atoms with Crippen molar-refractivity contribution in [1.29, 1.82) is 5.26 Å². The molecule has 2 heterocycles. The molecular weight excluding hydrogens is 642 g/mol. The van der Waals surface area contributed by atoms with Crippen molar-refractivity contribution in [3.05, 3.63) is 108 Å². The molecule has 10 heteroatoms. The summed E-state index contributed by atoms with van der Waals surface area (Å²) >= 11 is 0. The van der Waals surface area contributed by atoms with E-state index in [9.17, 15) is 14.9 Å². The Morgan fingerprint density at radius 1 is 0.922 bits per heavy atom. The first-order valence-corrected chi connectivity index (χ1v) is 17.1. The van der Waals surface area contributed by atoms with E-state index in [4.69, 9.17) is 14.2 Å². The zero-order valence-corrected chi connectivity index (χ0v) is 29.4. The van der Waals surface area contributed by atoms with Gasteiger partial charge in [0.2, 0.25) is 0 Å². The van der Waals surface area contributed by atoms with Crippen molar-refractivity contribution >= 4 is 34.3 Å². The van der Waals surface area contributed by atoms with Crippen molar-refractivity contribution in [1.82, 2.24) is 10.3 Å². The summed E-state index contributed by atoms with van der Waals surface area (Å²) in [5.74, 6) is -0.553. The molecule has 262 valence electrons. The Morgan fingerprint density at radius 3 is 2.27 bits per heavy atom. The Morgan fingerprint density at radius 2 is 1.59 bits per heavy atom. The molecule has 4 aromatic carbocycles. The van der Waals surface area contributed by atoms with E-state index >= 15 is 0 Å². The molecule has 1 unspecified atom stereocenters. The van der Waals surface area contributed by atoms with Crippen LogP contribution >= 0.6 is 0 Å². The maximum atomic E-state index is 13.2. The first-order valence-electron chi connectivity index (χ1n) is 17.1. The fourth-order valence-electron chi connectivity index (χ4n) is 6.31. The van der Waals surface area contributed by atoms with E-state index in [1.807, 2.05) is 48.7 Å². The standard InChI is InChI=1S/C41H43N5O5/c1-41(2,3)51-40(48)45-37(24-31-26-43-35-16-12-29(22-33(31)35)27-8-6-5-7-9-27)38(25-42)44-36-17-13-30(23-34(36)39(47)49-4)28-10-14-32(15-11-28)46-18-20-50-21-19-46/h5-17,22-23,26,37-38,43-44H,18-21,24H2,1-4H3,(H,45,48)/t37-,38?/m0/s1. The van der Waals surface area contributed by atoms with Crippen LogP contribution < -0.4 is 15.5 Å². The van der Waals surface area contributed by atoms with Gasteiger partial charge in [0.1, 0.15) is 11.6 Å². The van der Waals surface area contributed by atoms with Crippen molar-refractivity contribution in [3.63, 3.8) is 0 Å². The number of fused-ring (bicyclic) bond motifs is 1. The van der Waals surface area contributed by atoms with Crippen LogP contribution in [0, 0.1) is 11.3 Å². The topological polar surface area (TPSA) is 129 Å². The number of alkyl carbamates (subject to hydrolysis) is 1. The maximum absolute atomic E-state index is 13.2. The van der Waals surface area contributed by atoms with Crippen LogP contribution in [0.15, 0.2) is 97.2 Å². The summed E-state index contributed by atoms with van der Waals surface area (Å²) < 4.78 is 16.3. The second kappa shape index (κ2) is 15.4. The van der Waals surface area contributed by atoms with Crippen molar-refractivity contribution in [3.8, 4) is 28.3 Å². The number of anilines is 2. The zero-order chi connectivity index (χ0) is 36.0. The van der Waals surface area contributed by atoms with Gasteiger partial charge < -0.3 is 34.7 Å². The Bertz CT molecular complexity index is 2020. The molecule has 1 aliphatic heterocycles. The van der Waals surface area contributed by atoms with E-state index in [0.717, 1.165) is 57.5 Å². The van der Waals surface area contributed by atoms with Crippen LogP contribution in [-0.2, 0) is 20.6 Å². The fourth-order valence-corrected chi connectivity index (χ4v) is 6.31. The predicted octanol–water partition coefficient (Wildman–Crippen LogP) is 7.57. The maximum Gasteiger partial charge on any atom is 0.407 e. The van der Waals surface area contributed by atoms with Gasteiger partial charge in [0.05, 0.1) is 38.0 Å². The average molecular weight is 686 g/mol. The summed E-state index contributed by atoms with van der Waals surface area (Å²) in [6.07, 6.45) is 1.55. The SMILES string of the molecule is COC(=O)c1cc(-c2ccc(N3CCOCC3)cc2)ccc1NC(C#N)[C@H](Cc1c[nH]c2ccc(-c3ccccc3)cc12)NC(=O)OC(C)(C)C. The number of rotatable bonds is 10. The summed E-state index contributed by atoms with van der Waals surface area (Å²) in [7, 11) is 1.32. The van der Waals surface area contributed by atoms with E-state index in [0.29, 0.717) is 25.3 Å². The van der Waals surface area contributed by atoms with Gasteiger partial charge in [0.15, 0.2) is 0 Å². The highest BCUT2D eigenvalue weighted by Gasteiger charge is 2.29. The molecule has 2 atom stereocenters. The van der Waals surface area contributed by atoms with E-state index in [1.54, 1.807) is 32.9 Å². The Balaban J connectivity index is 1.30. The van der Waals surface area contributed by atoms with Crippen molar-refractivity contribution in [2.45, 2.75) is 44.9 Å². The minimum Gasteiger partial charge on any atom is -0.465 e. The fraction of sp³-hybridized carbons (Fsp3) is 0.293. The first kappa shape index (κ1) is 35.1. The molecule has 0 spiro atoms. The zero-order valence-electron chi connectivity index (χ0n) is 29.4. The van der Waals surface area contributed by atoms with Crippen LogP contribution in [-0.4, -0.2) is 68.1 Å². The summed E-state index contributed by atoms with van der Waals surface area (Å²) in [6.45, 7) is 8.43. The van der Waals surface area contributed by atoms with Gasteiger partial charge >= 0.3 is 12.1 Å². The van der Waals surface area contributed by atoms with E-state index < -0.39 is 29.7 Å². The number of aromatic nitrogens is 1. The number of carbonyl (C=O) groups is 2. The highest BCUT2D eigenvalue weighted by molar-refractivity contribution is 5.97. The number of carbonyl (C=O) groups excluding carboxylic acids is 2. The van der Waals surface area contributed by atoms with Crippen LogP contribution in [0.1, 0.15) is 36.7 Å². The third kappa shape index (κ3) is 8.51. The van der Waals surface area contributed by atoms with Gasteiger partial charge in [-0.15, -0.1) is 0 Å². The molecule has 0 radical (unpaired) electrons. The second-order valence-electron chi connectivity index (χ2n) is 13.5. The van der Waals surface area contributed by atoms with Gasteiger partial charge in [-0.05, 0) is 91.4 Å². The van der Waals surface area contributed by atoms with Crippen molar-refractivity contribution in [2.24, 2.45) is 0 Å². The molecule has 1 aromatic heterocycles. The molecule has 0 saturated carbocycles. The number of H-pyrrole nitrogens is 1. The number of esters is 1. The summed E-state index contributed by atoms with van der Waals surface area (Å²) in [4.78, 5) is 31.9. The third-order valence-electron chi connectivity index (χ3n) is 8.87. The number of benzene rings is 4. The number of nitriles is 1. The number of nitrogens with one attached hydrogen (secondary N) is 3. The highest BCUT2D eigenvalue weighted by Crippen LogP contribution is 2.31. The number of nitrogens with zero attached hydrogens (tertiary/aromatic N) is 2. The molecule has 10 nitrogen and oxygen atoms in total. The number of methoxy groups -OCH3 is 1. The van der Waals surface area contributed by atoms with Gasteiger partial charge in [0, 0.05) is 41.6 Å². The molecule has 1 fully saturated rings. The number of morpholine rings is 1. The predicted molar refractivity (Wildman–Crippen MR) is 200 cm³/mol. The molecular formula is C41H43N5O5. The van der Waals surface area contributed by atoms with Gasteiger partial charge in [-0.3, -0.25) is 0 Å². The normalized spacial score (nSPS) is 14.3. The molecule has 3 N–H and O–H groups in total. The van der Waals surface area contributed by atoms with E-state index in [-0.39, 0.29) is 5.56 Å². The lowest BCUT2D eigenvalue weighted by molar-refractivity contribution is 0.0501. The minimum atomic E-state index is -0.957. The molecule has 0 bridgehead atoms. The van der Waals surface area contributed by atoms with Crippen LogP contribution in [0.4, 0.5) is 16.2 Å². The third-order valence-corrected chi connectivity index (χ3v) is 8.87. The summed E-state index contributed by atoms with van der Waals surface area (Å²) in [6, 6.07) is 30.5. The molecule has 1 amide bonds. The highest BCUT2D eigenvalue weighted by atomic mass is 16.6. The minimum absolute atomic E-state index is 0.267. The van der Waals surface area contributed by atoms with Gasteiger partial charge in [-0.25, -0.2) is 9.59 Å². The molecule has 51 heavy (non-hydrogen) atoms. The molecule has 1 aliphatic rings. The molecule has 1 saturated heterocycles. The lowest BCUT2D eigenvalue weighted by atomic mass is 9.96. The molecule has 6 rings (SSSR count). The average Bonchev–Trinajstić information content (AvgIpc) is 3.55. The monoisotopic (exact) mass is 685 g/mol. The Hall–Kier alpha value is -5.79. The number of ether oxygens (including phenoxy) is 3. The van der Waals surface area contributed by atoms with E-state index in [1.165, 1.54) is 7.11 Å². The van der Waals surface area contributed by atoms with Gasteiger partial charge in [-0.2, -0.15) is 5.26 Å². The Labute approximate surface area is 298 Å². The molecule has 5 aromatic rings. The molecule has 0 aliphatic carbocycles. The number of aromatic amines is 1. The van der Waals surface area contributed by atoms with Crippen molar-refractivity contribution < 1.29 is 23.8 Å². The lowest BCUT2D eigenvalue weighted by Crippen LogP contribution is -2.49. The number of hydrogen-bond donors (Lipinski definition) is 3. The summed E-state index contributed by atoms with van der Waals surface area (Å²) in [5.41, 5.74) is 6.76. The lowest BCUT2D eigenvalue weighted by Gasteiger charge is -2.29. The Kier molecular flexibility index (Phi) is 10.6. The number of amides is 1. The second-order valence-corrected chi connectivity index (χ2v) is 13.5. The van der Waals surface area contributed by atoms with Crippen LogP contribution in [0.2, 0.25) is 0 Å². The summed E-state index contributed by atoms with van der Waals surface area (Å²) in [5, 5.41) is 17.7. The van der Waals surface area contributed by atoms with Crippen LogP contribution in [0.5, 0.6) is 0 Å². The smallest absolute Gasteiger partial charge is 0.407 e. The van der Waals surface area contributed by atoms with Crippen LogP contribution in [0.3, 0.4) is 0 Å². The van der Waals surface area contributed by atoms with Gasteiger partial charge in [-0.1, -0.05) is 54.6 Å².